The summed E-state index contributed by atoms with van der Waals surface area (Å²) in [5.41, 5.74) is 13.3. The molecule has 0 fully saturated rings. The van der Waals surface area contributed by atoms with Crippen molar-refractivity contribution in [1.29, 1.82) is 0 Å². The van der Waals surface area contributed by atoms with Crippen molar-refractivity contribution < 1.29 is 9.47 Å². The Balaban J connectivity index is 1.07. The van der Waals surface area contributed by atoms with Gasteiger partial charge in [0.2, 0.25) is 0 Å². The lowest BCUT2D eigenvalue weighted by Crippen LogP contribution is -2.57. The van der Waals surface area contributed by atoms with Crippen LogP contribution in [0.1, 0.15) is 0 Å². The number of hydrogen-bond acceptors (Lipinski definition) is 3. The van der Waals surface area contributed by atoms with E-state index in [2.05, 4.69) is 220 Å². The van der Waals surface area contributed by atoms with Gasteiger partial charge in [0.1, 0.15) is 23.0 Å². The topological polar surface area (TPSA) is 31.6 Å². The fourth-order valence-electron chi connectivity index (χ4n) is 9.94. The number of hydrogen-bond donors (Lipinski definition) is 0. The van der Waals surface area contributed by atoms with Crippen molar-refractivity contribution in [3.8, 4) is 34.4 Å². The summed E-state index contributed by atoms with van der Waals surface area (Å²) in [4.78, 5) is 2.32. The first-order chi connectivity index (χ1) is 29.8. The summed E-state index contributed by atoms with van der Waals surface area (Å²) in [5.74, 6) is 3.45. The van der Waals surface area contributed by atoms with Crippen molar-refractivity contribution in [2.75, 3.05) is 4.90 Å². The number of para-hydroxylation sites is 5. The molecule has 13 rings (SSSR count). The standard InChI is InChI=1S/C54H34BN3O2/c1-5-16-35(17-6-1)56(36-18-7-2-8-19-36)39-28-29-41-47(34-39)58(38-22-11-4-12-23-38)46-33-31-43-54(51(41)46)60-49-27-15-26-48-52(49)55(43)42-30-32-45-50(53(42)59-48)40-24-13-14-25-44(40)57(45)37-20-9-3-10-21-37/h1-34H. The smallest absolute Gasteiger partial charge is 0.260 e. The molecule has 0 aliphatic carbocycles. The summed E-state index contributed by atoms with van der Waals surface area (Å²) in [6.07, 6.45) is 0. The highest BCUT2D eigenvalue weighted by atomic mass is 16.5. The van der Waals surface area contributed by atoms with Crippen LogP contribution in [-0.2, 0) is 0 Å². The molecule has 6 heteroatoms. The predicted octanol–water partition coefficient (Wildman–Crippen LogP) is 12.1. The zero-order valence-corrected chi connectivity index (χ0v) is 32.4. The van der Waals surface area contributed by atoms with Gasteiger partial charge in [-0.15, -0.1) is 0 Å². The number of aromatic nitrogens is 2. The second kappa shape index (κ2) is 12.8. The molecule has 0 atom stereocenters. The molecule has 5 nitrogen and oxygen atoms in total. The molecule has 2 aliphatic rings. The van der Waals surface area contributed by atoms with Gasteiger partial charge < -0.3 is 23.5 Å². The van der Waals surface area contributed by atoms with Gasteiger partial charge in [0, 0.05) is 44.7 Å². The largest absolute Gasteiger partial charge is 0.458 e. The number of anilines is 3. The van der Waals surface area contributed by atoms with Crippen molar-refractivity contribution in [2.24, 2.45) is 0 Å². The molecule has 2 aromatic heterocycles. The van der Waals surface area contributed by atoms with Gasteiger partial charge in [-0.1, -0.05) is 109 Å². The maximum Gasteiger partial charge on any atom is 0.260 e. The van der Waals surface area contributed by atoms with Gasteiger partial charge in [-0.05, 0) is 108 Å². The first-order valence-electron chi connectivity index (χ1n) is 20.5. The zero-order valence-electron chi connectivity index (χ0n) is 32.4. The monoisotopic (exact) mass is 767 g/mol. The lowest BCUT2D eigenvalue weighted by Gasteiger charge is -2.33. The lowest BCUT2D eigenvalue weighted by atomic mass is 9.34. The Morgan fingerprint density at radius 2 is 0.850 bits per heavy atom. The Kier molecular flexibility index (Phi) is 7.04. The molecule has 0 saturated carbocycles. The summed E-state index contributed by atoms with van der Waals surface area (Å²) in [7, 11) is 0. The van der Waals surface area contributed by atoms with Crippen molar-refractivity contribution >= 4 is 83.8 Å². The van der Waals surface area contributed by atoms with Crippen molar-refractivity contribution in [2.45, 2.75) is 0 Å². The zero-order chi connectivity index (χ0) is 39.3. The van der Waals surface area contributed by atoms with E-state index in [4.69, 9.17) is 9.47 Å². The Bertz CT molecular complexity index is 3450. The highest BCUT2D eigenvalue weighted by molar-refractivity contribution is 6.98. The van der Waals surface area contributed by atoms with Crippen LogP contribution in [0.2, 0.25) is 0 Å². The van der Waals surface area contributed by atoms with Gasteiger partial charge in [0.05, 0.1) is 32.8 Å². The summed E-state index contributed by atoms with van der Waals surface area (Å²) in [6, 6.07) is 73.3. The van der Waals surface area contributed by atoms with Crippen LogP contribution < -0.4 is 30.8 Å². The molecule has 0 amide bonds. The number of benzene rings is 9. The quantitative estimate of drug-likeness (QED) is 0.164. The maximum absolute atomic E-state index is 7.14. The van der Waals surface area contributed by atoms with Crippen LogP contribution >= 0.6 is 0 Å². The number of fused-ring (bicyclic) bond motifs is 12. The van der Waals surface area contributed by atoms with Gasteiger partial charge >= 0.3 is 0 Å². The first-order valence-corrected chi connectivity index (χ1v) is 20.5. The minimum absolute atomic E-state index is 0.0996. The molecule has 280 valence electrons. The third-order valence-corrected chi connectivity index (χ3v) is 12.4. The van der Waals surface area contributed by atoms with E-state index in [0.717, 1.165) is 111 Å². The third kappa shape index (κ3) is 4.70. The van der Waals surface area contributed by atoms with Gasteiger partial charge in [-0.3, -0.25) is 0 Å². The van der Waals surface area contributed by atoms with Crippen molar-refractivity contribution in [3.63, 3.8) is 0 Å². The molecule has 4 heterocycles. The fraction of sp³-hybridized carbons (Fsp3) is 0. The molecule has 11 aromatic rings. The van der Waals surface area contributed by atoms with Crippen LogP contribution in [0.5, 0.6) is 23.0 Å². The second-order valence-corrected chi connectivity index (χ2v) is 15.6. The molecule has 0 radical (unpaired) electrons. The van der Waals surface area contributed by atoms with E-state index in [1.54, 1.807) is 0 Å². The summed E-state index contributed by atoms with van der Waals surface area (Å²) in [6.45, 7) is -0.0996. The number of nitrogens with zero attached hydrogens (tertiary/aromatic N) is 3. The van der Waals surface area contributed by atoms with Gasteiger partial charge in [0.15, 0.2) is 0 Å². The Hall–Kier alpha value is -7.96. The van der Waals surface area contributed by atoms with E-state index >= 15 is 0 Å². The average molecular weight is 768 g/mol. The molecular weight excluding hydrogens is 733 g/mol. The van der Waals surface area contributed by atoms with E-state index in [-0.39, 0.29) is 6.71 Å². The minimum atomic E-state index is -0.0996. The number of ether oxygens (including phenoxy) is 2. The first kappa shape index (κ1) is 33.1. The second-order valence-electron chi connectivity index (χ2n) is 15.6. The van der Waals surface area contributed by atoms with E-state index in [0.29, 0.717) is 0 Å². The van der Waals surface area contributed by atoms with Crippen LogP contribution in [0.3, 0.4) is 0 Å². The highest BCUT2D eigenvalue weighted by Crippen LogP contribution is 2.46. The summed E-state index contributed by atoms with van der Waals surface area (Å²) in [5, 5.41) is 4.50. The highest BCUT2D eigenvalue weighted by Gasteiger charge is 2.42. The normalized spacial score (nSPS) is 12.6. The number of rotatable bonds is 5. The van der Waals surface area contributed by atoms with E-state index in [9.17, 15) is 0 Å². The summed E-state index contributed by atoms with van der Waals surface area (Å²) < 4.78 is 18.9. The molecule has 0 saturated heterocycles. The molecular formula is C54H34BN3O2. The van der Waals surface area contributed by atoms with E-state index in [1.165, 1.54) is 0 Å². The van der Waals surface area contributed by atoms with E-state index < -0.39 is 0 Å². The lowest BCUT2D eigenvalue weighted by molar-refractivity contribution is 0.470. The molecule has 9 aromatic carbocycles. The Morgan fingerprint density at radius 1 is 0.367 bits per heavy atom. The fourth-order valence-corrected chi connectivity index (χ4v) is 9.94. The van der Waals surface area contributed by atoms with E-state index in [1.807, 2.05) is 0 Å². The summed E-state index contributed by atoms with van der Waals surface area (Å²) >= 11 is 0. The minimum Gasteiger partial charge on any atom is -0.458 e. The van der Waals surface area contributed by atoms with Crippen molar-refractivity contribution in [1.82, 2.24) is 9.13 Å². The Morgan fingerprint density at radius 3 is 1.42 bits per heavy atom. The molecule has 0 spiro atoms. The SMILES string of the molecule is c1ccc(N(c2ccccc2)c2ccc3c4c5c(ccc4n(-c4ccccc4)c3c2)B2c3ccc4c(c3Oc3cccc(c32)O5)c2ccccc2n4-c2ccccc2)cc1. The molecule has 0 unspecified atom stereocenters. The Labute approximate surface area is 346 Å². The van der Waals surface area contributed by atoms with Crippen LogP contribution in [0.15, 0.2) is 206 Å². The van der Waals surface area contributed by atoms with Crippen LogP contribution in [0, 0.1) is 0 Å². The van der Waals surface area contributed by atoms with Crippen molar-refractivity contribution in [3.05, 3.63) is 206 Å². The molecule has 2 aliphatic heterocycles. The van der Waals surface area contributed by atoms with Gasteiger partial charge in [0.25, 0.3) is 6.71 Å². The van der Waals surface area contributed by atoms with Gasteiger partial charge in [-0.2, -0.15) is 0 Å². The predicted molar refractivity (Wildman–Crippen MR) is 247 cm³/mol. The van der Waals surface area contributed by atoms with Crippen LogP contribution in [-0.4, -0.2) is 15.8 Å². The maximum atomic E-state index is 7.14. The molecule has 0 bridgehead atoms. The molecule has 0 N–H and O–H groups in total. The molecule has 60 heavy (non-hydrogen) atoms. The van der Waals surface area contributed by atoms with Gasteiger partial charge in [-0.25, -0.2) is 0 Å². The average Bonchev–Trinajstić information content (AvgIpc) is 3.83. The third-order valence-electron chi connectivity index (χ3n) is 12.4. The van der Waals surface area contributed by atoms with Crippen LogP contribution in [0.25, 0.3) is 55.0 Å². The van der Waals surface area contributed by atoms with Crippen LogP contribution in [0.4, 0.5) is 17.1 Å².